The number of hydrogen-bond donors (Lipinski definition) is 1. The monoisotopic (exact) mass is 331 g/mol. The third kappa shape index (κ3) is 3.75. The first-order valence-corrected chi connectivity index (χ1v) is 8.63. The molecule has 3 rings (SSSR count). The van der Waals surface area contributed by atoms with E-state index in [9.17, 15) is 4.79 Å². The number of fused-ring (bicyclic) bond motifs is 1. The van der Waals surface area contributed by atoms with E-state index in [-0.39, 0.29) is 11.9 Å². The molecule has 1 aliphatic heterocycles. The van der Waals surface area contributed by atoms with Crippen LogP contribution in [0.1, 0.15) is 32.6 Å². The predicted octanol–water partition coefficient (Wildman–Crippen LogP) is 3.77. The van der Waals surface area contributed by atoms with Crippen molar-refractivity contribution in [1.82, 2.24) is 10.3 Å². The number of benzene rings is 1. The summed E-state index contributed by atoms with van der Waals surface area (Å²) in [5.41, 5.74) is 2.09. The van der Waals surface area contributed by atoms with E-state index in [1.54, 1.807) is 0 Å². The topological polar surface area (TPSA) is 45.2 Å². The molecule has 1 saturated heterocycles. The summed E-state index contributed by atoms with van der Waals surface area (Å²) in [6.07, 6.45) is 5.43. The molecule has 4 nitrogen and oxygen atoms in total. The van der Waals surface area contributed by atoms with Crippen molar-refractivity contribution >= 4 is 34.1 Å². The van der Waals surface area contributed by atoms with Crippen LogP contribution in [0.4, 0.5) is 5.69 Å². The maximum atomic E-state index is 11.9. The Kier molecular flexibility index (Phi) is 5.01. The standard InChI is InChI=1S/C18H22ClN3O/c1-2-4-18(23)21-14-5-3-10-22(12-14)17-8-9-20-16-7-6-13(19)11-15(16)17/h6-9,11,14H,2-5,10,12H2,1H3,(H,21,23). The number of rotatable bonds is 4. The van der Waals surface area contributed by atoms with Crippen molar-refractivity contribution < 1.29 is 4.79 Å². The molecular formula is C18H22ClN3O. The average molecular weight is 332 g/mol. The minimum Gasteiger partial charge on any atom is -0.369 e. The van der Waals surface area contributed by atoms with Gasteiger partial charge in [-0.3, -0.25) is 9.78 Å². The van der Waals surface area contributed by atoms with E-state index in [1.807, 2.05) is 37.4 Å². The zero-order chi connectivity index (χ0) is 16.2. The van der Waals surface area contributed by atoms with E-state index in [0.717, 1.165) is 54.0 Å². The second-order valence-electron chi connectivity index (χ2n) is 6.09. The van der Waals surface area contributed by atoms with E-state index in [4.69, 9.17) is 11.6 Å². The van der Waals surface area contributed by atoms with Crippen molar-refractivity contribution in [3.63, 3.8) is 0 Å². The normalized spacial score (nSPS) is 18.2. The van der Waals surface area contributed by atoms with Crippen LogP contribution in [0.3, 0.4) is 0 Å². The Morgan fingerprint density at radius 1 is 1.43 bits per heavy atom. The minimum absolute atomic E-state index is 0.155. The van der Waals surface area contributed by atoms with Crippen LogP contribution in [0.25, 0.3) is 10.9 Å². The van der Waals surface area contributed by atoms with Crippen LogP contribution in [-0.2, 0) is 4.79 Å². The Morgan fingerprint density at radius 2 is 2.30 bits per heavy atom. The highest BCUT2D eigenvalue weighted by Crippen LogP contribution is 2.29. The molecule has 1 unspecified atom stereocenters. The van der Waals surface area contributed by atoms with Gasteiger partial charge in [-0.25, -0.2) is 0 Å². The van der Waals surface area contributed by atoms with Crippen LogP contribution in [0.5, 0.6) is 0 Å². The smallest absolute Gasteiger partial charge is 0.220 e. The first-order chi connectivity index (χ1) is 11.2. The van der Waals surface area contributed by atoms with E-state index in [1.165, 1.54) is 0 Å². The van der Waals surface area contributed by atoms with Gasteiger partial charge in [0.2, 0.25) is 5.91 Å². The third-order valence-electron chi connectivity index (χ3n) is 4.28. The number of nitrogens with zero attached hydrogens (tertiary/aromatic N) is 2. The lowest BCUT2D eigenvalue weighted by molar-refractivity contribution is -0.121. The first kappa shape index (κ1) is 16.1. The fourth-order valence-electron chi connectivity index (χ4n) is 3.22. The quantitative estimate of drug-likeness (QED) is 0.927. The molecule has 0 aliphatic carbocycles. The van der Waals surface area contributed by atoms with E-state index in [0.29, 0.717) is 6.42 Å². The minimum atomic E-state index is 0.155. The highest BCUT2D eigenvalue weighted by molar-refractivity contribution is 6.31. The second-order valence-corrected chi connectivity index (χ2v) is 6.53. The number of amides is 1. The van der Waals surface area contributed by atoms with Gasteiger partial charge in [-0.05, 0) is 43.5 Å². The molecule has 5 heteroatoms. The van der Waals surface area contributed by atoms with E-state index < -0.39 is 0 Å². The highest BCUT2D eigenvalue weighted by atomic mass is 35.5. The summed E-state index contributed by atoms with van der Waals surface area (Å²) >= 11 is 6.16. The molecule has 23 heavy (non-hydrogen) atoms. The summed E-state index contributed by atoms with van der Waals surface area (Å²) in [5, 5.41) is 4.95. The van der Waals surface area contributed by atoms with Gasteiger partial charge in [-0.1, -0.05) is 18.5 Å². The number of nitrogens with one attached hydrogen (secondary N) is 1. The molecule has 122 valence electrons. The molecule has 1 aromatic carbocycles. The fourth-order valence-corrected chi connectivity index (χ4v) is 3.39. The number of carbonyl (C=O) groups is 1. The summed E-state index contributed by atoms with van der Waals surface area (Å²) in [6, 6.07) is 8.04. The van der Waals surface area contributed by atoms with Gasteiger partial charge >= 0.3 is 0 Å². The van der Waals surface area contributed by atoms with Crippen molar-refractivity contribution in [3.05, 3.63) is 35.5 Å². The molecule has 1 aromatic heterocycles. The second kappa shape index (κ2) is 7.18. The first-order valence-electron chi connectivity index (χ1n) is 8.26. The molecule has 1 aliphatic rings. The molecule has 0 spiro atoms. The molecule has 1 atom stereocenters. The predicted molar refractivity (Wildman–Crippen MR) is 95.0 cm³/mol. The fraction of sp³-hybridized carbons (Fsp3) is 0.444. The summed E-state index contributed by atoms with van der Waals surface area (Å²) < 4.78 is 0. The largest absolute Gasteiger partial charge is 0.369 e. The van der Waals surface area contributed by atoms with Gasteiger partial charge in [0.25, 0.3) is 0 Å². The Balaban J connectivity index is 1.81. The van der Waals surface area contributed by atoms with E-state index in [2.05, 4.69) is 15.2 Å². The van der Waals surface area contributed by atoms with Gasteiger partial charge in [0, 0.05) is 47.8 Å². The maximum Gasteiger partial charge on any atom is 0.220 e. The van der Waals surface area contributed by atoms with Crippen LogP contribution in [0.2, 0.25) is 5.02 Å². The van der Waals surface area contributed by atoms with Gasteiger partial charge in [0.1, 0.15) is 0 Å². The van der Waals surface area contributed by atoms with Crippen LogP contribution in [-0.4, -0.2) is 30.0 Å². The van der Waals surface area contributed by atoms with Crippen molar-refractivity contribution in [2.45, 2.75) is 38.6 Å². The lowest BCUT2D eigenvalue weighted by Crippen LogP contribution is -2.47. The number of piperidine rings is 1. The van der Waals surface area contributed by atoms with Gasteiger partial charge in [-0.2, -0.15) is 0 Å². The molecule has 2 aromatic rings. The number of hydrogen-bond acceptors (Lipinski definition) is 3. The number of carbonyl (C=O) groups excluding carboxylic acids is 1. The molecule has 1 amide bonds. The number of halogens is 1. The van der Waals surface area contributed by atoms with Gasteiger partial charge in [0.15, 0.2) is 0 Å². The molecule has 0 radical (unpaired) electrons. The third-order valence-corrected chi connectivity index (χ3v) is 4.52. The number of aromatic nitrogens is 1. The van der Waals surface area contributed by atoms with Crippen LogP contribution < -0.4 is 10.2 Å². The number of pyridine rings is 1. The molecule has 0 saturated carbocycles. The lowest BCUT2D eigenvalue weighted by atomic mass is 10.0. The Labute approximate surface area is 141 Å². The molecule has 1 fully saturated rings. The van der Waals surface area contributed by atoms with Crippen molar-refractivity contribution in [2.75, 3.05) is 18.0 Å². The highest BCUT2D eigenvalue weighted by Gasteiger charge is 2.22. The molecule has 1 N–H and O–H groups in total. The maximum absolute atomic E-state index is 11.9. The Morgan fingerprint density at radius 3 is 3.13 bits per heavy atom. The van der Waals surface area contributed by atoms with Gasteiger partial charge in [-0.15, -0.1) is 0 Å². The molecule has 0 bridgehead atoms. The SMILES string of the molecule is CCCC(=O)NC1CCCN(c2ccnc3ccc(Cl)cc23)C1. The van der Waals surface area contributed by atoms with Crippen molar-refractivity contribution in [1.29, 1.82) is 0 Å². The van der Waals surface area contributed by atoms with Gasteiger partial charge in [0.05, 0.1) is 5.52 Å². The average Bonchev–Trinajstić information content (AvgIpc) is 2.54. The lowest BCUT2D eigenvalue weighted by Gasteiger charge is -2.35. The van der Waals surface area contributed by atoms with Crippen LogP contribution in [0, 0.1) is 0 Å². The summed E-state index contributed by atoms with van der Waals surface area (Å²) in [6.45, 7) is 3.85. The zero-order valence-electron chi connectivity index (χ0n) is 13.4. The zero-order valence-corrected chi connectivity index (χ0v) is 14.1. The van der Waals surface area contributed by atoms with Crippen LogP contribution >= 0.6 is 11.6 Å². The van der Waals surface area contributed by atoms with Crippen molar-refractivity contribution in [2.24, 2.45) is 0 Å². The summed E-state index contributed by atoms with van der Waals surface area (Å²) in [5.74, 6) is 0.155. The number of anilines is 1. The van der Waals surface area contributed by atoms with Gasteiger partial charge < -0.3 is 10.2 Å². The van der Waals surface area contributed by atoms with E-state index >= 15 is 0 Å². The summed E-state index contributed by atoms with van der Waals surface area (Å²) in [7, 11) is 0. The van der Waals surface area contributed by atoms with Crippen molar-refractivity contribution in [3.8, 4) is 0 Å². The Bertz CT molecular complexity index is 704. The molecule has 2 heterocycles. The Hall–Kier alpha value is -1.81. The summed E-state index contributed by atoms with van der Waals surface area (Å²) in [4.78, 5) is 18.6. The van der Waals surface area contributed by atoms with Crippen LogP contribution in [0.15, 0.2) is 30.5 Å². The molecular weight excluding hydrogens is 310 g/mol.